The van der Waals surface area contributed by atoms with E-state index in [-0.39, 0.29) is 12.6 Å². The van der Waals surface area contributed by atoms with Crippen LogP contribution in [0.2, 0.25) is 5.02 Å². The summed E-state index contributed by atoms with van der Waals surface area (Å²) in [4.78, 5) is 20.8. The summed E-state index contributed by atoms with van der Waals surface area (Å²) in [6, 6.07) is 0.180. The van der Waals surface area contributed by atoms with Gasteiger partial charge in [-0.05, 0) is 6.42 Å². The molecule has 7 nitrogen and oxygen atoms in total. The molecule has 0 aliphatic carbocycles. The Morgan fingerprint density at radius 1 is 1.72 bits per heavy atom. The molecule has 1 aliphatic rings. The highest BCUT2D eigenvalue weighted by molar-refractivity contribution is 6.32. The molecule has 1 unspecified atom stereocenters. The van der Waals surface area contributed by atoms with Gasteiger partial charge in [-0.1, -0.05) is 11.6 Å². The summed E-state index contributed by atoms with van der Waals surface area (Å²) in [6.45, 7) is 0.630. The van der Waals surface area contributed by atoms with E-state index in [0.29, 0.717) is 23.8 Å². The minimum absolute atomic E-state index is 0.155. The zero-order chi connectivity index (χ0) is 13.3. The van der Waals surface area contributed by atoms with Crippen LogP contribution in [-0.2, 0) is 4.79 Å². The molecule has 0 spiro atoms. The summed E-state index contributed by atoms with van der Waals surface area (Å²) < 4.78 is 4.91. The van der Waals surface area contributed by atoms with Gasteiger partial charge in [0.2, 0.25) is 0 Å². The molecule has 0 saturated carbocycles. The summed E-state index contributed by atoms with van der Waals surface area (Å²) in [5, 5.41) is 9.40. The molecule has 1 aromatic rings. The van der Waals surface area contributed by atoms with Crippen molar-refractivity contribution >= 4 is 23.4 Å². The third kappa shape index (κ3) is 2.19. The Morgan fingerprint density at radius 2 is 2.44 bits per heavy atom. The Bertz CT molecular complexity index is 484. The molecule has 1 fully saturated rings. The number of anilines is 1. The molecule has 0 amide bonds. The number of methoxy groups -OCH3 is 1. The molecule has 1 atom stereocenters. The SMILES string of the molecule is COc1ncc(Cl)c(N2CCC(N)(C(=O)O)C2)n1. The second-order valence-corrected chi connectivity index (χ2v) is 4.57. The monoisotopic (exact) mass is 272 g/mol. The quantitative estimate of drug-likeness (QED) is 0.806. The second-order valence-electron chi connectivity index (χ2n) is 4.16. The molecule has 2 heterocycles. The number of aliphatic carboxylic acids is 1. The number of nitrogens with two attached hydrogens (primary N) is 1. The maximum atomic E-state index is 11.1. The number of carbonyl (C=O) groups is 1. The fourth-order valence-electron chi connectivity index (χ4n) is 1.85. The van der Waals surface area contributed by atoms with E-state index < -0.39 is 11.5 Å². The fourth-order valence-corrected chi connectivity index (χ4v) is 2.06. The molecule has 1 saturated heterocycles. The van der Waals surface area contributed by atoms with Crippen LogP contribution in [0.4, 0.5) is 5.82 Å². The number of ether oxygens (including phenoxy) is 1. The van der Waals surface area contributed by atoms with E-state index in [2.05, 4.69) is 9.97 Å². The minimum atomic E-state index is -1.26. The number of carboxylic acids is 1. The zero-order valence-electron chi connectivity index (χ0n) is 9.76. The maximum absolute atomic E-state index is 11.1. The molecule has 98 valence electrons. The van der Waals surface area contributed by atoms with E-state index in [0.717, 1.165) is 0 Å². The summed E-state index contributed by atoms with van der Waals surface area (Å²) in [6.07, 6.45) is 1.75. The van der Waals surface area contributed by atoms with E-state index in [4.69, 9.17) is 27.2 Å². The van der Waals surface area contributed by atoms with Gasteiger partial charge in [-0.3, -0.25) is 4.79 Å². The number of rotatable bonds is 3. The van der Waals surface area contributed by atoms with Crippen LogP contribution in [-0.4, -0.2) is 46.8 Å². The number of halogens is 1. The summed E-state index contributed by atoms with van der Waals surface area (Å²) >= 11 is 6.00. The van der Waals surface area contributed by atoms with Crippen molar-refractivity contribution in [1.29, 1.82) is 0 Å². The van der Waals surface area contributed by atoms with Gasteiger partial charge in [-0.2, -0.15) is 4.98 Å². The van der Waals surface area contributed by atoms with Gasteiger partial charge in [0.15, 0.2) is 5.82 Å². The lowest BCUT2D eigenvalue weighted by atomic mass is 10.0. The normalized spacial score (nSPS) is 23.2. The van der Waals surface area contributed by atoms with Crippen molar-refractivity contribution in [3.63, 3.8) is 0 Å². The molecule has 2 rings (SSSR count). The molecular formula is C10H13ClN4O3. The van der Waals surface area contributed by atoms with Crippen molar-refractivity contribution < 1.29 is 14.6 Å². The third-order valence-electron chi connectivity index (χ3n) is 2.91. The van der Waals surface area contributed by atoms with Gasteiger partial charge in [0.1, 0.15) is 10.6 Å². The molecule has 8 heteroatoms. The average Bonchev–Trinajstić information content (AvgIpc) is 2.74. The second kappa shape index (κ2) is 4.58. The maximum Gasteiger partial charge on any atom is 0.325 e. The first-order chi connectivity index (χ1) is 8.46. The Labute approximate surface area is 109 Å². The first kappa shape index (κ1) is 12.8. The van der Waals surface area contributed by atoms with Gasteiger partial charge in [-0.25, -0.2) is 4.98 Å². The predicted molar refractivity (Wildman–Crippen MR) is 65.0 cm³/mol. The number of carboxylic acid groups (broad SMARTS) is 1. The molecule has 0 radical (unpaired) electrons. The van der Waals surface area contributed by atoms with Gasteiger partial charge in [-0.15, -0.1) is 0 Å². The molecule has 18 heavy (non-hydrogen) atoms. The van der Waals surface area contributed by atoms with Crippen LogP contribution >= 0.6 is 11.6 Å². The highest BCUT2D eigenvalue weighted by Crippen LogP contribution is 2.30. The number of nitrogens with zero attached hydrogens (tertiary/aromatic N) is 3. The van der Waals surface area contributed by atoms with E-state index >= 15 is 0 Å². The minimum Gasteiger partial charge on any atom is -0.480 e. The highest BCUT2D eigenvalue weighted by Gasteiger charge is 2.42. The summed E-state index contributed by atoms with van der Waals surface area (Å²) in [5.74, 6) is -0.584. The number of hydrogen-bond acceptors (Lipinski definition) is 6. The Balaban J connectivity index is 2.26. The highest BCUT2D eigenvalue weighted by atomic mass is 35.5. The van der Waals surface area contributed by atoms with Crippen molar-refractivity contribution in [2.24, 2.45) is 5.73 Å². The van der Waals surface area contributed by atoms with Crippen molar-refractivity contribution in [2.75, 3.05) is 25.1 Å². The topological polar surface area (TPSA) is 102 Å². The summed E-state index contributed by atoms with van der Waals surface area (Å²) in [5.41, 5.74) is 4.53. The zero-order valence-corrected chi connectivity index (χ0v) is 10.5. The molecule has 0 aromatic carbocycles. The van der Waals surface area contributed by atoms with E-state index in [1.54, 1.807) is 4.90 Å². The van der Waals surface area contributed by atoms with Crippen LogP contribution in [0.3, 0.4) is 0 Å². The van der Waals surface area contributed by atoms with E-state index in [9.17, 15) is 4.79 Å². The van der Waals surface area contributed by atoms with Gasteiger partial charge < -0.3 is 20.5 Å². The molecule has 1 aliphatic heterocycles. The van der Waals surface area contributed by atoms with Crippen molar-refractivity contribution in [1.82, 2.24) is 9.97 Å². The summed E-state index contributed by atoms with van der Waals surface area (Å²) in [7, 11) is 1.45. The van der Waals surface area contributed by atoms with Crippen LogP contribution in [0.15, 0.2) is 6.20 Å². The first-order valence-electron chi connectivity index (χ1n) is 5.30. The molecule has 0 bridgehead atoms. The average molecular weight is 273 g/mol. The van der Waals surface area contributed by atoms with Crippen LogP contribution in [0, 0.1) is 0 Å². The molecule has 1 aromatic heterocycles. The Kier molecular flexibility index (Phi) is 3.27. The fraction of sp³-hybridized carbons (Fsp3) is 0.500. The number of hydrogen-bond donors (Lipinski definition) is 2. The van der Waals surface area contributed by atoms with Gasteiger partial charge in [0.05, 0.1) is 13.3 Å². The molecule has 3 N–H and O–H groups in total. The van der Waals surface area contributed by atoms with E-state index in [1.807, 2.05) is 0 Å². The van der Waals surface area contributed by atoms with Crippen molar-refractivity contribution in [3.05, 3.63) is 11.2 Å². The van der Waals surface area contributed by atoms with Gasteiger partial charge in [0.25, 0.3) is 0 Å². The van der Waals surface area contributed by atoms with Crippen molar-refractivity contribution in [3.8, 4) is 6.01 Å². The predicted octanol–water partition coefficient (Wildman–Crippen LogP) is 0.131. The van der Waals surface area contributed by atoms with E-state index in [1.165, 1.54) is 13.3 Å². The smallest absolute Gasteiger partial charge is 0.325 e. The standard InChI is InChI=1S/C10H13ClN4O3/c1-18-9-13-4-6(11)7(14-9)15-3-2-10(12,5-15)8(16)17/h4H,2-3,5,12H2,1H3,(H,16,17). The lowest BCUT2D eigenvalue weighted by molar-refractivity contribution is -0.142. The largest absolute Gasteiger partial charge is 0.480 e. The van der Waals surface area contributed by atoms with Gasteiger partial charge >= 0.3 is 12.0 Å². The van der Waals surface area contributed by atoms with Crippen LogP contribution in [0.1, 0.15) is 6.42 Å². The number of aromatic nitrogens is 2. The van der Waals surface area contributed by atoms with Crippen LogP contribution in [0.25, 0.3) is 0 Å². The van der Waals surface area contributed by atoms with Crippen LogP contribution in [0.5, 0.6) is 6.01 Å². The molecular weight excluding hydrogens is 260 g/mol. The Hall–Kier alpha value is -1.60. The third-order valence-corrected chi connectivity index (χ3v) is 3.18. The first-order valence-corrected chi connectivity index (χ1v) is 5.68. The lowest BCUT2D eigenvalue weighted by Gasteiger charge is -2.21. The lowest BCUT2D eigenvalue weighted by Crippen LogP contribution is -2.50. The van der Waals surface area contributed by atoms with Crippen LogP contribution < -0.4 is 15.4 Å². The van der Waals surface area contributed by atoms with Gasteiger partial charge in [0, 0.05) is 13.1 Å². The van der Waals surface area contributed by atoms with Crippen molar-refractivity contribution in [2.45, 2.75) is 12.0 Å². The Morgan fingerprint density at radius 3 is 3.00 bits per heavy atom.